The average Bonchev–Trinajstić information content (AvgIpc) is 2.51. The average molecular weight is 286 g/mol. The largest absolute Gasteiger partial charge is 0.468 e. The van der Waals surface area contributed by atoms with Crippen molar-refractivity contribution >= 4 is 12.2 Å². The third-order valence-electron chi connectivity index (χ3n) is 3.28. The van der Waals surface area contributed by atoms with Crippen LogP contribution in [0.15, 0.2) is 48.1 Å². The van der Waals surface area contributed by atoms with Crippen molar-refractivity contribution in [3.63, 3.8) is 0 Å². The number of nitrogens with one attached hydrogen (secondary N) is 1. The van der Waals surface area contributed by atoms with Gasteiger partial charge in [-0.05, 0) is 42.0 Å². The summed E-state index contributed by atoms with van der Waals surface area (Å²) in [5, 5.41) is 7.28. The number of nitrogens with two attached hydrogens (primary N) is 1. The van der Waals surface area contributed by atoms with Gasteiger partial charge in [-0.3, -0.25) is 4.79 Å². The van der Waals surface area contributed by atoms with Gasteiger partial charge in [0.05, 0.1) is 7.11 Å². The van der Waals surface area contributed by atoms with Gasteiger partial charge in [0.2, 0.25) is 0 Å². The van der Waals surface area contributed by atoms with Crippen LogP contribution in [0, 0.1) is 5.41 Å². The monoisotopic (exact) mass is 286 g/mol. The van der Waals surface area contributed by atoms with E-state index in [2.05, 4.69) is 11.3 Å². The Bertz CT molecular complexity index is 562. The molecule has 1 atom stereocenters. The van der Waals surface area contributed by atoms with Crippen LogP contribution in [0.3, 0.4) is 0 Å². The molecule has 1 aromatic carbocycles. The van der Waals surface area contributed by atoms with E-state index in [4.69, 9.17) is 11.1 Å². The molecule has 0 radical (unpaired) electrons. The number of esters is 1. The highest BCUT2D eigenvalue weighted by Crippen LogP contribution is 2.16. The molecule has 0 aliphatic heterocycles. The minimum absolute atomic E-state index is 0.410. The van der Waals surface area contributed by atoms with Crippen LogP contribution in [0.25, 0.3) is 0 Å². The fourth-order valence-corrected chi connectivity index (χ4v) is 2.07. The van der Waals surface area contributed by atoms with E-state index in [1.165, 1.54) is 13.3 Å². The topological polar surface area (TPSA) is 76.2 Å². The molecular weight excluding hydrogens is 264 g/mol. The summed E-state index contributed by atoms with van der Waals surface area (Å²) < 4.78 is 4.63. The summed E-state index contributed by atoms with van der Waals surface area (Å²) in [6.45, 7) is 5.78. The molecule has 1 aromatic rings. The van der Waals surface area contributed by atoms with Crippen molar-refractivity contribution in [2.45, 2.75) is 25.8 Å². The maximum Gasteiger partial charge on any atom is 0.322 e. The van der Waals surface area contributed by atoms with Crippen LogP contribution in [0.4, 0.5) is 0 Å². The van der Waals surface area contributed by atoms with Gasteiger partial charge in [-0.2, -0.15) is 0 Å². The minimum Gasteiger partial charge on any atom is -0.468 e. The van der Waals surface area contributed by atoms with Gasteiger partial charge >= 0.3 is 5.97 Å². The van der Waals surface area contributed by atoms with Gasteiger partial charge in [0.25, 0.3) is 0 Å². The lowest BCUT2D eigenvalue weighted by molar-refractivity contribution is -0.142. The smallest absolute Gasteiger partial charge is 0.322 e. The summed E-state index contributed by atoms with van der Waals surface area (Å²) in [5.74, 6) is -0.410. The van der Waals surface area contributed by atoms with Crippen molar-refractivity contribution in [3.05, 3.63) is 59.2 Å². The number of allylic oxidation sites excluding steroid dienone is 3. The van der Waals surface area contributed by atoms with E-state index in [0.29, 0.717) is 18.4 Å². The van der Waals surface area contributed by atoms with E-state index in [1.54, 1.807) is 0 Å². The van der Waals surface area contributed by atoms with E-state index in [-0.39, 0.29) is 0 Å². The van der Waals surface area contributed by atoms with Gasteiger partial charge in [-0.25, -0.2) is 0 Å². The number of hydrogen-bond acceptors (Lipinski definition) is 4. The van der Waals surface area contributed by atoms with Crippen LogP contribution in [0.2, 0.25) is 0 Å². The van der Waals surface area contributed by atoms with Gasteiger partial charge in [0, 0.05) is 6.21 Å². The molecule has 0 amide bonds. The third-order valence-corrected chi connectivity index (χ3v) is 3.28. The standard InChI is InChI=1S/C17H22N2O2/c1-4-15(12(2)11-18)9-13-6-5-7-14(8-13)10-16(19)17(20)21-3/h4-8,11,16,18H,2,9-10,19H2,1,3H3/b15-4-,18-11?/t16-/m0/s1. The lowest BCUT2D eigenvalue weighted by Gasteiger charge is -2.11. The molecule has 0 aromatic heterocycles. The molecule has 0 fully saturated rings. The molecule has 4 heteroatoms. The zero-order valence-corrected chi connectivity index (χ0v) is 12.6. The maximum absolute atomic E-state index is 11.4. The first-order valence-corrected chi connectivity index (χ1v) is 6.78. The van der Waals surface area contributed by atoms with E-state index in [0.717, 1.165) is 16.7 Å². The second-order valence-electron chi connectivity index (χ2n) is 4.81. The van der Waals surface area contributed by atoms with Crippen molar-refractivity contribution in [1.29, 1.82) is 5.41 Å². The molecule has 4 nitrogen and oxygen atoms in total. The molecule has 0 saturated heterocycles. The lowest BCUT2D eigenvalue weighted by atomic mass is 9.96. The van der Waals surface area contributed by atoms with Crippen molar-refractivity contribution in [2.24, 2.45) is 5.73 Å². The summed E-state index contributed by atoms with van der Waals surface area (Å²) in [4.78, 5) is 11.4. The van der Waals surface area contributed by atoms with E-state index in [1.807, 2.05) is 37.3 Å². The van der Waals surface area contributed by atoms with Crippen LogP contribution in [0.1, 0.15) is 18.1 Å². The summed E-state index contributed by atoms with van der Waals surface area (Å²) in [6, 6.07) is 7.25. The number of hydrogen-bond donors (Lipinski definition) is 2. The first-order chi connectivity index (χ1) is 10.0. The highest BCUT2D eigenvalue weighted by molar-refractivity contribution is 5.81. The van der Waals surface area contributed by atoms with E-state index < -0.39 is 12.0 Å². The van der Waals surface area contributed by atoms with Crippen molar-refractivity contribution < 1.29 is 9.53 Å². The zero-order chi connectivity index (χ0) is 15.8. The highest BCUT2D eigenvalue weighted by Gasteiger charge is 2.14. The molecule has 0 unspecified atom stereocenters. The Kier molecular flexibility index (Phi) is 6.56. The second-order valence-corrected chi connectivity index (χ2v) is 4.81. The Hall–Kier alpha value is -2.20. The molecular formula is C17H22N2O2. The maximum atomic E-state index is 11.4. The van der Waals surface area contributed by atoms with Crippen LogP contribution in [-0.4, -0.2) is 25.3 Å². The fraction of sp³-hybridized carbons (Fsp3) is 0.294. The summed E-state index contributed by atoms with van der Waals surface area (Å²) in [6.07, 6.45) is 4.36. The first kappa shape index (κ1) is 16.9. The second kappa shape index (κ2) is 8.17. The molecule has 1 rings (SSSR count). The quantitative estimate of drug-likeness (QED) is 0.459. The van der Waals surface area contributed by atoms with Gasteiger partial charge in [-0.15, -0.1) is 0 Å². The Morgan fingerprint density at radius 1 is 1.48 bits per heavy atom. The Morgan fingerprint density at radius 2 is 2.14 bits per heavy atom. The highest BCUT2D eigenvalue weighted by atomic mass is 16.5. The first-order valence-electron chi connectivity index (χ1n) is 6.78. The van der Waals surface area contributed by atoms with E-state index >= 15 is 0 Å². The van der Waals surface area contributed by atoms with Gasteiger partial charge in [-0.1, -0.05) is 36.9 Å². The van der Waals surface area contributed by atoms with Gasteiger partial charge in [0.15, 0.2) is 0 Å². The SMILES string of the molecule is C=C(C=N)/C(=C\C)Cc1cccc(C[C@H](N)C(=O)OC)c1. The molecule has 112 valence electrons. The van der Waals surface area contributed by atoms with Crippen LogP contribution in [0.5, 0.6) is 0 Å². The Labute approximate surface area is 125 Å². The number of carbonyl (C=O) groups is 1. The van der Waals surface area contributed by atoms with E-state index in [9.17, 15) is 4.79 Å². The number of benzene rings is 1. The van der Waals surface area contributed by atoms with Crippen molar-refractivity contribution in [3.8, 4) is 0 Å². The minimum atomic E-state index is -0.650. The summed E-state index contributed by atoms with van der Waals surface area (Å²) >= 11 is 0. The van der Waals surface area contributed by atoms with Gasteiger partial charge < -0.3 is 15.9 Å². The Morgan fingerprint density at radius 3 is 2.71 bits per heavy atom. The molecule has 0 aliphatic rings. The fourth-order valence-electron chi connectivity index (χ4n) is 2.07. The number of carbonyl (C=O) groups excluding carboxylic acids is 1. The lowest BCUT2D eigenvalue weighted by Crippen LogP contribution is -2.33. The predicted octanol–water partition coefficient (Wildman–Crippen LogP) is 2.42. The summed E-state index contributed by atoms with van der Waals surface area (Å²) in [7, 11) is 1.33. The number of rotatable bonds is 7. The molecule has 0 heterocycles. The van der Waals surface area contributed by atoms with Crippen LogP contribution in [-0.2, 0) is 22.4 Å². The van der Waals surface area contributed by atoms with Crippen LogP contribution >= 0.6 is 0 Å². The predicted molar refractivity (Wildman–Crippen MR) is 85.5 cm³/mol. The molecule has 0 spiro atoms. The normalized spacial score (nSPS) is 12.6. The Balaban J connectivity index is 2.83. The van der Waals surface area contributed by atoms with Crippen LogP contribution < -0.4 is 5.73 Å². The third kappa shape index (κ3) is 5.00. The number of methoxy groups -OCH3 is 1. The molecule has 21 heavy (non-hydrogen) atoms. The van der Waals surface area contributed by atoms with Crippen molar-refractivity contribution in [1.82, 2.24) is 0 Å². The molecule has 0 bridgehead atoms. The molecule has 0 saturated carbocycles. The van der Waals surface area contributed by atoms with Gasteiger partial charge in [0.1, 0.15) is 6.04 Å². The van der Waals surface area contributed by atoms with Crippen molar-refractivity contribution in [2.75, 3.05) is 7.11 Å². The molecule has 3 N–H and O–H groups in total. The zero-order valence-electron chi connectivity index (χ0n) is 12.6. The summed E-state index contributed by atoms with van der Waals surface area (Å²) in [5.41, 5.74) is 9.58. The molecule has 0 aliphatic carbocycles. The number of ether oxygens (including phenoxy) is 1.